The largest absolute Gasteiger partial charge is 0.507 e. The molecule has 0 aliphatic rings. The number of phenolic OH excluding ortho intramolecular Hbond substituents is 1. The molecule has 7 heteroatoms. The van der Waals surface area contributed by atoms with Crippen molar-refractivity contribution in [2.45, 2.75) is 0 Å². The third-order valence-electron chi connectivity index (χ3n) is 2.82. The summed E-state index contributed by atoms with van der Waals surface area (Å²) in [5, 5.41) is 17.8. The number of ether oxygens (including phenoxy) is 1. The predicted molar refractivity (Wildman–Crippen MR) is 70.2 cm³/mol. The molecule has 0 aliphatic carbocycles. The van der Waals surface area contributed by atoms with Crippen LogP contribution in [0.15, 0.2) is 35.1 Å². The summed E-state index contributed by atoms with van der Waals surface area (Å²) < 4.78 is 11.9. The van der Waals surface area contributed by atoms with Crippen LogP contribution in [0, 0.1) is 0 Å². The van der Waals surface area contributed by atoms with Gasteiger partial charge in [-0.2, -0.15) is 10.1 Å². The number of benzene rings is 1. The van der Waals surface area contributed by atoms with Crippen molar-refractivity contribution in [3.05, 3.63) is 30.6 Å². The number of aromatic nitrogens is 4. The van der Waals surface area contributed by atoms with E-state index in [1.165, 1.54) is 6.07 Å². The minimum absolute atomic E-state index is 0.0483. The molecule has 0 bridgehead atoms. The topological polar surface area (TPSA) is 86.2 Å². The van der Waals surface area contributed by atoms with Crippen molar-refractivity contribution in [3.63, 3.8) is 0 Å². The van der Waals surface area contributed by atoms with E-state index >= 15 is 0 Å². The number of methoxy groups -OCH3 is 1. The van der Waals surface area contributed by atoms with E-state index in [0.29, 0.717) is 17.1 Å². The van der Waals surface area contributed by atoms with E-state index in [-0.39, 0.29) is 11.6 Å². The zero-order valence-electron chi connectivity index (χ0n) is 10.9. The van der Waals surface area contributed by atoms with E-state index in [2.05, 4.69) is 15.2 Å². The molecule has 0 atom stereocenters. The number of aryl methyl sites for hydroxylation is 1. The fraction of sp³-hybridized carbons (Fsp3) is 0.154. The average molecular weight is 272 g/mol. The maximum atomic E-state index is 9.87. The molecule has 0 saturated carbocycles. The molecule has 3 rings (SSSR count). The van der Waals surface area contributed by atoms with Gasteiger partial charge < -0.3 is 14.4 Å². The van der Waals surface area contributed by atoms with Gasteiger partial charge in [0.1, 0.15) is 11.5 Å². The SMILES string of the molecule is COc1ccc(O)c(-c2nc(-c3cnn(C)c3)no2)c1. The Labute approximate surface area is 114 Å². The number of aromatic hydroxyl groups is 1. The van der Waals surface area contributed by atoms with Crippen LogP contribution in [-0.2, 0) is 7.05 Å². The summed E-state index contributed by atoms with van der Waals surface area (Å²) in [6, 6.07) is 4.80. The van der Waals surface area contributed by atoms with Crippen molar-refractivity contribution < 1.29 is 14.4 Å². The lowest BCUT2D eigenvalue weighted by Crippen LogP contribution is -1.85. The van der Waals surface area contributed by atoms with Crippen LogP contribution in [0.1, 0.15) is 0 Å². The summed E-state index contributed by atoms with van der Waals surface area (Å²) in [4.78, 5) is 4.25. The zero-order chi connectivity index (χ0) is 14.1. The van der Waals surface area contributed by atoms with Gasteiger partial charge >= 0.3 is 0 Å². The molecule has 2 heterocycles. The van der Waals surface area contributed by atoms with Gasteiger partial charge in [0, 0.05) is 13.2 Å². The number of phenols is 1. The van der Waals surface area contributed by atoms with Gasteiger partial charge in [-0.3, -0.25) is 4.68 Å². The highest BCUT2D eigenvalue weighted by molar-refractivity contribution is 5.66. The van der Waals surface area contributed by atoms with Crippen LogP contribution in [0.4, 0.5) is 0 Å². The van der Waals surface area contributed by atoms with Gasteiger partial charge in [-0.1, -0.05) is 5.16 Å². The molecule has 2 aromatic heterocycles. The summed E-state index contributed by atoms with van der Waals surface area (Å²) in [6.07, 6.45) is 3.42. The van der Waals surface area contributed by atoms with Crippen LogP contribution >= 0.6 is 0 Å². The maximum absolute atomic E-state index is 9.87. The summed E-state index contributed by atoms with van der Waals surface area (Å²) >= 11 is 0. The lowest BCUT2D eigenvalue weighted by atomic mass is 10.2. The monoisotopic (exact) mass is 272 g/mol. The first-order chi connectivity index (χ1) is 9.67. The van der Waals surface area contributed by atoms with Crippen LogP contribution in [0.25, 0.3) is 22.8 Å². The van der Waals surface area contributed by atoms with Crippen molar-refractivity contribution in [3.8, 4) is 34.3 Å². The highest BCUT2D eigenvalue weighted by Gasteiger charge is 2.15. The summed E-state index contributed by atoms with van der Waals surface area (Å²) in [7, 11) is 3.35. The quantitative estimate of drug-likeness (QED) is 0.783. The third kappa shape index (κ3) is 2.09. The average Bonchev–Trinajstić information content (AvgIpc) is 3.08. The lowest BCUT2D eigenvalue weighted by molar-refractivity contribution is 0.408. The second kappa shape index (κ2) is 4.69. The minimum atomic E-state index is 0.0483. The van der Waals surface area contributed by atoms with E-state index in [9.17, 15) is 5.11 Å². The first kappa shape index (κ1) is 12.2. The molecular weight excluding hydrogens is 260 g/mol. The molecule has 20 heavy (non-hydrogen) atoms. The first-order valence-corrected chi connectivity index (χ1v) is 5.87. The molecule has 0 unspecified atom stereocenters. The van der Waals surface area contributed by atoms with Gasteiger partial charge in [-0.25, -0.2) is 0 Å². The molecule has 0 radical (unpaired) electrons. The highest BCUT2D eigenvalue weighted by atomic mass is 16.5. The van der Waals surface area contributed by atoms with Gasteiger partial charge in [0.05, 0.1) is 24.4 Å². The molecule has 0 spiro atoms. The molecule has 102 valence electrons. The molecule has 1 aromatic carbocycles. The van der Waals surface area contributed by atoms with Crippen LogP contribution in [0.5, 0.6) is 11.5 Å². The van der Waals surface area contributed by atoms with Crippen molar-refractivity contribution in [1.29, 1.82) is 0 Å². The molecule has 0 aliphatic heterocycles. The zero-order valence-corrected chi connectivity index (χ0v) is 10.9. The normalized spacial score (nSPS) is 10.7. The van der Waals surface area contributed by atoms with Crippen molar-refractivity contribution >= 4 is 0 Å². The fourth-order valence-corrected chi connectivity index (χ4v) is 1.80. The van der Waals surface area contributed by atoms with E-state index in [0.717, 1.165) is 5.56 Å². The molecule has 0 amide bonds. The lowest BCUT2D eigenvalue weighted by Gasteiger charge is -2.02. The van der Waals surface area contributed by atoms with E-state index in [4.69, 9.17) is 9.26 Å². The van der Waals surface area contributed by atoms with Crippen molar-refractivity contribution in [1.82, 2.24) is 19.9 Å². The van der Waals surface area contributed by atoms with Crippen molar-refractivity contribution in [2.75, 3.05) is 7.11 Å². The molecule has 0 saturated heterocycles. The second-order valence-corrected chi connectivity index (χ2v) is 4.21. The molecule has 7 nitrogen and oxygen atoms in total. The maximum Gasteiger partial charge on any atom is 0.262 e. The standard InChI is InChI=1S/C13H12N4O3/c1-17-7-8(6-14-17)12-15-13(20-16-12)10-5-9(19-2)3-4-11(10)18/h3-7,18H,1-2H3. The van der Waals surface area contributed by atoms with Crippen LogP contribution in [0.2, 0.25) is 0 Å². The Hall–Kier alpha value is -2.83. The molecular formula is C13H12N4O3. The van der Waals surface area contributed by atoms with E-state index in [1.54, 1.807) is 43.4 Å². The van der Waals surface area contributed by atoms with Crippen LogP contribution < -0.4 is 4.74 Å². The molecule has 3 aromatic rings. The first-order valence-electron chi connectivity index (χ1n) is 5.87. The number of rotatable bonds is 3. The van der Waals surface area contributed by atoms with Gasteiger partial charge in [0.15, 0.2) is 0 Å². The smallest absolute Gasteiger partial charge is 0.262 e. The van der Waals surface area contributed by atoms with Gasteiger partial charge in [0.25, 0.3) is 5.89 Å². The van der Waals surface area contributed by atoms with E-state index in [1.807, 2.05) is 0 Å². The Balaban J connectivity index is 2.01. The van der Waals surface area contributed by atoms with E-state index < -0.39 is 0 Å². The van der Waals surface area contributed by atoms with Crippen molar-refractivity contribution in [2.24, 2.45) is 7.05 Å². The summed E-state index contributed by atoms with van der Waals surface area (Å²) in [5.41, 5.74) is 1.16. The molecule has 0 fully saturated rings. The Morgan fingerprint density at radius 3 is 2.90 bits per heavy atom. The molecule has 1 N–H and O–H groups in total. The Morgan fingerprint density at radius 1 is 1.35 bits per heavy atom. The third-order valence-corrected chi connectivity index (χ3v) is 2.82. The van der Waals surface area contributed by atoms with Gasteiger partial charge in [-0.15, -0.1) is 0 Å². The van der Waals surface area contributed by atoms with Gasteiger partial charge in [0.2, 0.25) is 5.82 Å². The minimum Gasteiger partial charge on any atom is -0.507 e. The highest BCUT2D eigenvalue weighted by Crippen LogP contribution is 2.32. The Bertz CT molecular complexity index is 748. The number of nitrogens with zero attached hydrogens (tertiary/aromatic N) is 4. The fourth-order valence-electron chi connectivity index (χ4n) is 1.80. The summed E-state index contributed by atoms with van der Waals surface area (Å²) in [5.74, 6) is 1.28. The number of hydrogen-bond acceptors (Lipinski definition) is 6. The van der Waals surface area contributed by atoms with Gasteiger partial charge in [-0.05, 0) is 18.2 Å². The Morgan fingerprint density at radius 2 is 2.20 bits per heavy atom. The van der Waals surface area contributed by atoms with Crippen LogP contribution in [0.3, 0.4) is 0 Å². The predicted octanol–water partition coefficient (Wildman–Crippen LogP) is 1.85. The number of hydrogen-bond donors (Lipinski definition) is 1. The Kier molecular flexibility index (Phi) is 2.86. The van der Waals surface area contributed by atoms with Crippen LogP contribution in [-0.4, -0.2) is 32.1 Å². The summed E-state index contributed by atoms with van der Waals surface area (Å²) in [6.45, 7) is 0. The second-order valence-electron chi connectivity index (χ2n) is 4.21.